The number of benzene rings is 1. The first-order valence-corrected chi connectivity index (χ1v) is 8.00. The molecule has 0 radical (unpaired) electrons. The lowest BCUT2D eigenvalue weighted by molar-refractivity contribution is -0.140. The molecule has 1 aliphatic rings. The minimum atomic E-state index is -0.968. The number of carboxylic acid groups (broad SMARTS) is 1. The van der Waals surface area contributed by atoms with Gasteiger partial charge < -0.3 is 15.3 Å². The van der Waals surface area contributed by atoms with E-state index < -0.39 is 12.0 Å². The Kier molecular flexibility index (Phi) is 4.59. The number of amides is 2. The van der Waals surface area contributed by atoms with E-state index in [0.29, 0.717) is 17.3 Å². The fourth-order valence-electron chi connectivity index (χ4n) is 2.10. The summed E-state index contributed by atoms with van der Waals surface area (Å²) in [5.74, 6) is -0.146. The maximum atomic E-state index is 12.2. The Labute approximate surface area is 129 Å². The number of nitrogens with one attached hydrogen (secondary N) is 1. The maximum Gasteiger partial charge on any atom is 0.327 e. The standard InChI is InChI=1S/C13H15BrN2O3S/c1-7-3-8(2)11(9(14)4-7)15-13(19)16-6-20-5-10(16)12(17)18/h3-4,10H,5-6H2,1-2H3,(H,15,19)(H,17,18)/t10-/m0/s1. The molecule has 1 aromatic carbocycles. The van der Waals surface area contributed by atoms with E-state index in [4.69, 9.17) is 5.11 Å². The summed E-state index contributed by atoms with van der Waals surface area (Å²) in [4.78, 5) is 24.7. The fraction of sp³-hybridized carbons (Fsp3) is 0.385. The van der Waals surface area contributed by atoms with Crippen molar-refractivity contribution in [3.05, 3.63) is 27.7 Å². The summed E-state index contributed by atoms with van der Waals surface area (Å²) in [7, 11) is 0. The zero-order valence-electron chi connectivity index (χ0n) is 11.1. The van der Waals surface area contributed by atoms with Gasteiger partial charge in [0, 0.05) is 10.2 Å². The molecule has 7 heteroatoms. The number of hydrogen-bond donors (Lipinski definition) is 2. The number of carbonyl (C=O) groups is 2. The highest BCUT2D eigenvalue weighted by Gasteiger charge is 2.34. The van der Waals surface area contributed by atoms with Crippen LogP contribution in [0.15, 0.2) is 16.6 Å². The summed E-state index contributed by atoms with van der Waals surface area (Å²) < 4.78 is 0.794. The number of rotatable bonds is 2. The molecular weight excluding hydrogens is 344 g/mol. The van der Waals surface area contributed by atoms with Crippen molar-refractivity contribution in [3.8, 4) is 0 Å². The van der Waals surface area contributed by atoms with Crippen molar-refractivity contribution in [3.63, 3.8) is 0 Å². The van der Waals surface area contributed by atoms with Gasteiger partial charge in [-0.1, -0.05) is 6.07 Å². The monoisotopic (exact) mass is 358 g/mol. The van der Waals surface area contributed by atoms with Gasteiger partial charge >= 0.3 is 12.0 Å². The highest BCUT2D eigenvalue weighted by Crippen LogP contribution is 2.29. The molecule has 1 heterocycles. The van der Waals surface area contributed by atoms with Gasteiger partial charge in [0.15, 0.2) is 0 Å². The molecule has 1 aliphatic heterocycles. The van der Waals surface area contributed by atoms with Crippen molar-refractivity contribution in [1.82, 2.24) is 4.90 Å². The van der Waals surface area contributed by atoms with Crippen LogP contribution in [0.5, 0.6) is 0 Å². The van der Waals surface area contributed by atoms with Crippen molar-refractivity contribution in [2.75, 3.05) is 16.9 Å². The van der Waals surface area contributed by atoms with Crippen molar-refractivity contribution in [2.45, 2.75) is 19.9 Å². The molecule has 0 aromatic heterocycles. The largest absolute Gasteiger partial charge is 0.480 e. The topological polar surface area (TPSA) is 69.6 Å². The maximum absolute atomic E-state index is 12.2. The number of nitrogens with zero attached hydrogens (tertiary/aromatic N) is 1. The lowest BCUT2D eigenvalue weighted by Crippen LogP contribution is -2.44. The quantitative estimate of drug-likeness (QED) is 0.852. The van der Waals surface area contributed by atoms with E-state index in [1.807, 2.05) is 26.0 Å². The summed E-state index contributed by atoms with van der Waals surface area (Å²) in [6.07, 6.45) is 0. The molecule has 0 bridgehead atoms. The molecular formula is C13H15BrN2O3S. The first-order valence-electron chi connectivity index (χ1n) is 6.05. The van der Waals surface area contributed by atoms with E-state index in [1.54, 1.807) is 0 Å². The van der Waals surface area contributed by atoms with Gasteiger partial charge in [0.25, 0.3) is 0 Å². The average molecular weight is 359 g/mol. The highest BCUT2D eigenvalue weighted by atomic mass is 79.9. The van der Waals surface area contributed by atoms with Crippen molar-refractivity contribution in [1.29, 1.82) is 0 Å². The van der Waals surface area contributed by atoms with E-state index >= 15 is 0 Å². The lowest BCUT2D eigenvalue weighted by Gasteiger charge is -2.22. The number of hydrogen-bond acceptors (Lipinski definition) is 3. The SMILES string of the molecule is Cc1cc(C)c(NC(=O)N2CSC[C@H]2C(=O)O)c(Br)c1. The number of carboxylic acids is 1. The van der Waals surface area contributed by atoms with Crippen molar-refractivity contribution in [2.24, 2.45) is 0 Å². The smallest absolute Gasteiger partial charge is 0.327 e. The Morgan fingerprint density at radius 1 is 1.45 bits per heavy atom. The molecule has 1 atom stereocenters. The zero-order chi connectivity index (χ0) is 14.9. The van der Waals surface area contributed by atoms with Crippen LogP contribution < -0.4 is 5.32 Å². The minimum Gasteiger partial charge on any atom is -0.480 e. The third-order valence-electron chi connectivity index (χ3n) is 3.09. The number of carbonyl (C=O) groups excluding carboxylic acids is 1. The summed E-state index contributed by atoms with van der Waals surface area (Å²) >= 11 is 4.87. The molecule has 20 heavy (non-hydrogen) atoms. The molecule has 5 nitrogen and oxygen atoms in total. The number of aryl methyl sites for hydroxylation is 2. The second-order valence-electron chi connectivity index (χ2n) is 4.69. The molecule has 1 aromatic rings. The van der Waals surface area contributed by atoms with Crippen LogP contribution in [-0.2, 0) is 4.79 Å². The van der Waals surface area contributed by atoms with Gasteiger partial charge in [-0.05, 0) is 47.0 Å². The molecule has 1 saturated heterocycles. The van der Waals surface area contributed by atoms with Crippen LogP contribution in [0.4, 0.5) is 10.5 Å². The van der Waals surface area contributed by atoms with E-state index in [-0.39, 0.29) is 6.03 Å². The van der Waals surface area contributed by atoms with E-state index in [2.05, 4.69) is 21.2 Å². The van der Waals surface area contributed by atoms with Crippen molar-refractivity contribution >= 4 is 45.4 Å². The third kappa shape index (κ3) is 3.09. The van der Waals surface area contributed by atoms with Crippen LogP contribution in [0.2, 0.25) is 0 Å². The molecule has 0 saturated carbocycles. The summed E-state index contributed by atoms with van der Waals surface area (Å²) in [6, 6.07) is 2.74. The Balaban J connectivity index is 2.18. The van der Waals surface area contributed by atoms with Crippen LogP contribution in [-0.4, -0.2) is 39.7 Å². The van der Waals surface area contributed by atoms with Crippen LogP contribution in [0.25, 0.3) is 0 Å². The molecule has 0 spiro atoms. The second-order valence-corrected chi connectivity index (χ2v) is 6.55. The summed E-state index contributed by atoms with van der Waals surface area (Å²) in [5, 5.41) is 11.9. The van der Waals surface area contributed by atoms with E-state index in [0.717, 1.165) is 15.6 Å². The predicted molar refractivity (Wildman–Crippen MR) is 83.2 cm³/mol. The second kappa shape index (κ2) is 6.05. The van der Waals surface area contributed by atoms with E-state index in [9.17, 15) is 9.59 Å². The molecule has 0 aliphatic carbocycles. The van der Waals surface area contributed by atoms with Gasteiger partial charge in [-0.2, -0.15) is 0 Å². The Bertz CT molecular complexity index is 542. The summed E-state index contributed by atoms with van der Waals surface area (Å²) in [6.45, 7) is 3.88. The number of thioether (sulfide) groups is 1. The van der Waals surface area contributed by atoms with Crippen LogP contribution >= 0.6 is 27.7 Å². The Hall–Kier alpha value is -1.21. The highest BCUT2D eigenvalue weighted by molar-refractivity contribution is 9.10. The molecule has 108 valence electrons. The van der Waals surface area contributed by atoms with Gasteiger partial charge in [0.05, 0.1) is 11.6 Å². The Morgan fingerprint density at radius 2 is 2.15 bits per heavy atom. The van der Waals surface area contributed by atoms with Gasteiger partial charge in [-0.15, -0.1) is 11.8 Å². The van der Waals surface area contributed by atoms with Gasteiger partial charge in [0.1, 0.15) is 6.04 Å². The number of halogens is 1. The molecule has 0 unspecified atom stereocenters. The van der Waals surface area contributed by atoms with Crippen LogP contribution in [0.3, 0.4) is 0 Å². The zero-order valence-corrected chi connectivity index (χ0v) is 13.5. The van der Waals surface area contributed by atoms with Crippen LogP contribution in [0, 0.1) is 13.8 Å². The predicted octanol–water partition coefficient (Wildman–Crippen LogP) is 3.06. The van der Waals surface area contributed by atoms with Gasteiger partial charge in [-0.3, -0.25) is 0 Å². The average Bonchev–Trinajstić information content (AvgIpc) is 2.82. The first kappa shape index (κ1) is 15.2. The number of anilines is 1. The Morgan fingerprint density at radius 3 is 2.75 bits per heavy atom. The number of urea groups is 1. The van der Waals surface area contributed by atoms with Crippen LogP contribution in [0.1, 0.15) is 11.1 Å². The fourth-order valence-corrected chi connectivity index (χ4v) is 4.02. The minimum absolute atomic E-state index is 0.380. The van der Waals surface area contributed by atoms with Gasteiger partial charge in [0.2, 0.25) is 0 Å². The normalized spacial score (nSPS) is 18.1. The van der Waals surface area contributed by atoms with Crippen molar-refractivity contribution < 1.29 is 14.7 Å². The molecule has 2 amide bonds. The molecule has 1 fully saturated rings. The lowest BCUT2D eigenvalue weighted by atomic mass is 10.1. The third-order valence-corrected chi connectivity index (χ3v) is 4.73. The van der Waals surface area contributed by atoms with Gasteiger partial charge in [-0.25, -0.2) is 9.59 Å². The molecule has 2 rings (SSSR count). The van der Waals surface area contributed by atoms with E-state index in [1.165, 1.54) is 16.7 Å². The molecule has 2 N–H and O–H groups in total. The summed E-state index contributed by atoms with van der Waals surface area (Å²) in [5.41, 5.74) is 2.71. The first-order chi connectivity index (χ1) is 9.40. The number of aliphatic carboxylic acids is 1.